The number of aliphatic hydroxyl groups is 8. The Hall–Kier alpha value is -10.1. The number of sulfonamides is 1. The van der Waals surface area contributed by atoms with Gasteiger partial charge in [-0.25, -0.2) is 13.1 Å². The Morgan fingerprint density at radius 1 is 0.658 bits per heavy atom. The van der Waals surface area contributed by atoms with Crippen molar-refractivity contribution in [1.29, 1.82) is 0 Å². The van der Waals surface area contributed by atoms with Gasteiger partial charge in [0.1, 0.15) is 95.9 Å². The Kier molecular flexibility index (Phi) is 24.3. The fourth-order valence-corrected chi connectivity index (χ4v) is 18.8. The third kappa shape index (κ3) is 17.2. The van der Waals surface area contributed by atoms with Crippen LogP contribution in [0.3, 0.4) is 0 Å². The van der Waals surface area contributed by atoms with Crippen molar-refractivity contribution < 1.29 is 116 Å². The van der Waals surface area contributed by atoms with Crippen LogP contribution in [0.4, 0.5) is 0 Å². The summed E-state index contributed by atoms with van der Waals surface area (Å²) < 4.78 is 61.6. The smallest absolute Gasteiger partial charge is 0.264 e. The molecule has 4 saturated carbocycles. The molecule has 0 radical (unpaired) electrons. The predicted molar refractivity (Wildman–Crippen MR) is 413 cm³/mol. The van der Waals surface area contributed by atoms with Crippen LogP contribution in [0.15, 0.2) is 114 Å². The number of hydrogen-bond donors (Lipinski definition) is 18. The first-order valence-electron chi connectivity index (χ1n) is 39.1. The molecule has 11 aliphatic rings. The maximum atomic E-state index is 16.5. The number of fused-ring (bicyclic) bond motifs is 12. The molecule has 117 heavy (non-hydrogen) atoms. The fraction of sp³-hybridized carbons (Fsp3) is 0.463. The molecule has 1 saturated heterocycles. The predicted octanol–water partition coefficient (Wildman–Crippen LogP) is 3.14. The number of carbonyl (C=O) groups excluding carboxylic acids is 8. The Morgan fingerprint density at radius 2 is 1.32 bits per heavy atom. The van der Waals surface area contributed by atoms with E-state index in [-0.39, 0.29) is 91.2 Å². The van der Waals surface area contributed by atoms with E-state index < -0.39 is 195 Å². The molecule has 5 aliphatic carbocycles. The minimum absolute atomic E-state index is 0.0838. The second-order valence-electron chi connectivity index (χ2n) is 31.9. The number of halogens is 1. The van der Waals surface area contributed by atoms with Crippen molar-refractivity contribution in [3.8, 4) is 51.4 Å². The Labute approximate surface area is 676 Å². The maximum absolute atomic E-state index is 16.5. The number of aromatic hydroxyl groups is 1. The summed E-state index contributed by atoms with van der Waals surface area (Å²) in [6.45, 7) is 5.04. The van der Waals surface area contributed by atoms with E-state index in [1.54, 1.807) is 0 Å². The minimum atomic E-state index is -4.88. The molecule has 6 heterocycles. The molecule has 624 valence electrons. The van der Waals surface area contributed by atoms with E-state index in [0.29, 0.717) is 30.6 Å². The lowest BCUT2D eigenvalue weighted by Crippen LogP contribution is -2.60. The van der Waals surface area contributed by atoms with Crippen LogP contribution in [0.1, 0.15) is 161 Å². The number of unbranched alkanes of at least 4 members (excludes halogenated alkanes) is 3. The molecular formula is C82H94ClN9O24S. The zero-order valence-corrected chi connectivity index (χ0v) is 65.6. The lowest BCUT2D eigenvalue weighted by Gasteiger charge is -2.54. The lowest BCUT2D eigenvalue weighted by atomic mass is 9.54. The molecule has 0 unspecified atom stereocenters. The third-order valence-electron chi connectivity index (χ3n) is 23.3. The van der Waals surface area contributed by atoms with Crippen LogP contribution in [0.5, 0.6) is 40.2 Å². The Morgan fingerprint density at radius 3 is 1.98 bits per heavy atom. The van der Waals surface area contributed by atoms with Crippen molar-refractivity contribution in [1.82, 2.24) is 47.3 Å². The van der Waals surface area contributed by atoms with E-state index in [9.17, 15) is 64.0 Å². The fourth-order valence-electron chi connectivity index (χ4n) is 17.5. The Bertz CT molecular complexity index is 4930. The van der Waals surface area contributed by atoms with Crippen molar-refractivity contribution in [2.45, 2.75) is 193 Å². The first-order valence-corrected chi connectivity index (χ1v) is 41.0. The van der Waals surface area contributed by atoms with E-state index in [1.807, 2.05) is 25.5 Å². The van der Waals surface area contributed by atoms with Gasteiger partial charge in [-0.1, -0.05) is 82.0 Å². The van der Waals surface area contributed by atoms with Gasteiger partial charge >= 0.3 is 0 Å². The summed E-state index contributed by atoms with van der Waals surface area (Å²) >= 11 is 7.10. The minimum Gasteiger partial charge on any atom is -0.508 e. The van der Waals surface area contributed by atoms with Crippen molar-refractivity contribution in [2.75, 3.05) is 20.3 Å². The van der Waals surface area contributed by atoms with Gasteiger partial charge < -0.3 is 112 Å². The van der Waals surface area contributed by atoms with Gasteiger partial charge in [-0.15, -0.1) is 0 Å². The molecule has 0 aromatic heterocycles. The quantitative estimate of drug-likeness (QED) is 0.0385. The number of carbonyl (C=O) groups is 8. The summed E-state index contributed by atoms with van der Waals surface area (Å²) in [6.07, 6.45) is -7.22. The lowest BCUT2D eigenvalue weighted by molar-refractivity contribution is -0.277. The molecule has 18 N–H and O–H groups in total. The molecule has 33 nitrogen and oxygen atoms in total. The van der Waals surface area contributed by atoms with Crippen molar-refractivity contribution in [3.05, 3.63) is 153 Å². The van der Waals surface area contributed by atoms with Crippen LogP contribution in [0.2, 0.25) is 5.02 Å². The number of benzene rings is 6. The molecule has 6 aliphatic heterocycles. The van der Waals surface area contributed by atoms with Gasteiger partial charge in [0, 0.05) is 17.2 Å². The normalized spacial score (nSPS) is 28.5. The monoisotopic (exact) mass is 1660 g/mol. The summed E-state index contributed by atoms with van der Waals surface area (Å²) in [6, 6.07) is 7.07. The molecule has 6 aromatic rings. The number of hydrogen-bond acceptors (Lipinski definition) is 25. The van der Waals surface area contributed by atoms with E-state index in [2.05, 4.69) is 42.5 Å². The van der Waals surface area contributed by atoms with E-state index >= 15 is 28.8 Å². The number of nitrogens with one attached hydrogen (secondary N) is 9. The number of amides is 8. The van der Waals surface area contributed by atoms with Gasteiger partial charge in [0.15, 0.2) is 11.5 Å². The van der Waals surface area contributed by atoms with Crippen molar-refractivity contribution in [2.24, 2.45) is 29.6 Å². The van der Waals surface area contributed by atoms with Crippen molar-refractivity contribution in [3.63, 3.8) is 0 Å². The first kappa shape index (κ1) is 83.4. The van der Waals surface area contributed by atoms with Gasteiger partial charge in [0.2, 0.25) is 65.1 Å². The van der Waals surface area contributed by atoms with Crippen LogP contribution in [-0.2, 0) is 58.9 Å². The third-order valence-corrected chi connectivity index (χ3v) is 25.0. The summed E-state index contributed by atoms with van der Waals surface area (Å²) in [7, 11) is -3.41. The van der Waals surface area contributed by atoms with Gasteiger partial charge in [-0.2, -0.15) is 0 Å². The number of rotatable bonds is 20. The number of likely N-dealkylation sites (N-methyl/N-ethyl adjacent to an activating group) is 1. The molecular weight excluding hydrogens is 1560 g/mol. The molecule has 17 rings (SSSR count). The average molecular weight is 1660 g/mol. The Balaban J connectivity index is 0.935. The molecule has 8 amide bonds. The van der Waals surface area contributed by atoms with Crippen LogP contribution >= 0.6 is 11.6 Å². The van der Waals surface area contributed by atoms with Crippen molar-refractivity contribution >= 4 is 68.9 Å². The van der Waals surface area contributed by atoms with E-state index in [4.69, 9.17) is 35.3 Å². The summed E-state index contributed by atoms with van der Waals surface area (Å²) in [5, 5.41) is 127. The molecule has 6 aromatic carbocycles. The largest absolute Gasteiger partial charge is 0.508 e. The number of phenolic OH excluding ortho intramolecular Hbond substituents is 1. The van der Waals surface area contributed by atoms with Crippen LogP contribution in [-0.4, -0.2) is 183 Å². The molecule has 0 spiro atoms. The van der Waals surface area contributed by atoms with Gasteiger partial charge in [0.25, 0.3) is 10.0 Å². The highest BCUT2D eigenvalue weighted by Crippen LogP contribution is 2.56. The van der Waals surface area contributed by atoms with Crippen LogP contribution in [0, 0.1) is 29.6 Å². The molecule has 5 fully saturated rings. The first-order chi connectivity index (χ1) is 55.8. The molecule has 35 heteroatoms. The van der Waals surface area contributed by atoms with E-state index in [0.717, 1.165) is 93.8 Å². The SMILES string of the molecule is CCCCCCOc1ccc(S(=O)(=O)NC(=O)C[C@@H]2NC(=O)[C@H](NC(=O)[C@@H](CC(C)C)NC)[C@H](O)c3ccc(c(Cl)c3)Oc3cc4cc(c3O[C@@H]3O[C@H](CO)[C@@H](O)[C@H](O)[C@H]3O)Oc3ccc(cc3)[C@@H](O)[C@@H]3NC(=O)[C@H](NC(=O)[C@@H]4NC2=O)c2ccc4c(c2)-c2c(cc(O)cc2C4(O)O)[C@@H](C(=O)NC2C4CC5CC(C4)CC2C5)NC3=O)cc1. The number of aliphatic hydroxyl groups excluding tert-OH is 6. The second kappa shape index (κ2) is 34.1. The van der Waals surface area contributed by atoms with Crippen LogP contribution < -0.4 is 66.2 Å². The van der Waals surface area contributed by atoms with E-state index in [1.165, 1.54) is 73.8 Å². The van der Waals surface area contributed by atoms with Crippen LogP contribution in [0.25, 0.3) is 11.1 Å². The maximum Gasteiger partial charge on any atom is 0.264 e. The highest BCUT2D eigenvalue weighted by Gasteiger charge is 2.52. The molecule has 14 atom stereocenters. The van der Waals surface area contributed by atoms with Gasteiger partial charge in [-0.05, 0) is 199 Å². The summed E-state index contributed by atoms with van der Waals surface area (Å²) in [4.78, 5) is 124. The summed E-state index contributed by atoms with van der Waals surface area (Å²) in [5.74, 6) is -14.6. The highest BCUT2D eigenvalue weighted by atomic mass is 35.5. The number of ether oxygens (including phenoxy) is 5. The molecule has 15 bridgehead atoms. The topological polar surface area (TPSA) is 507 Å². The zero-order chi connectivity index (χ0) is 83.4. The van der Waals surface area contributed by atoms with Gasteiger partial charge in [-0.3, -0.25) is 38.4 Å². The average Bonchev–Trinajstić information content (AvgIpc) is 1.56. The number of phenols is 1. The highest BCUT2D eigenvalue weighted by molar-refractivity contribution is 7.90. The summed E-state index contributed by atoms with van der Waals surface area (Å²) in [5.41, 5.74) is -2.03. The zero-order valence-electron chi connectivity index (χ0n) is 64.1. The van der Waals surface area contributed by atoms with Gasteiger partial charge in [0.05, 0.1) is 35.6 Å². The standard InChI is InChI=1S/C82H94ClN9O24S/c1-5-6-7-8-21-112-46-15-17-48(18-16-46)117(110,111)92-60(95)34-55-75(102)87-64-44-30-57(73(116-81-72(100)71(99)70(98)59(35-93)115-81)58(31-44)114-56-20-12-41(29-53(56)83)69(97)67(79(106)85-55)90-74(101)54(84-4)22-36(2)3)113-47-13-9-39(10-14-47)68(96)66-80(107)89-65(78(105)86-62-42-24-37-23-38(26-42)27-43(62)25-37)50-32-45(94)33-52-61(50)49-28-40(11-19-51(49)82(52,108)109)63(76(103)91-66)88-77(64)104/h9-20,28-33,36-38,42-43,54-55,59,62-72,81,84,93-94,96-100,108-109H,5-8,21-27,34-35H2,1-4H3,(H,85,106)(H,86,105)(H,87,102)(H,88,104)(H,89,107)(H,90,101)(H,91,103)(H,92,95)/t37?,38?,42?,43?,54-,55+,59-,62?,63-,64-,65+,66+,67-,68-,69-,70-,71+,72-,81+/m1/s1. The second-order valence-corrected chi connectivity index (χ2v) is 33.9.